The summed E-state index contributed by atoms with van der Waals surface area (Å²) >= 11 is 7.65. The monoisotopic (exact) mass is 444 g/mol. The lowest BCUT2D eigenvalue weighted by Gasteiger charge is -2.09. The Hall–Kier alpha value is -3.08. The molecule has 4 aromatic rings. The van der Waals surface area contributed by atoms with Crippen molar-refractivity contribution in [3.05, 3.63) is 107 Å². The molecule has 1 aromatic heterocycles. The second kappa shape index (κ2) is 9.82. The number of halogens is 1. The van der Waals surface area contributed by atoms with Crippen LogP contribution in [0.2, 0.25) is 5.02 Å². The summed E-state index contributed by atoms with van der Waals surface area (Å²) in [5.41, 5.74) is 5.90. The van der Waals surface area contributed by atoms with Gasteiger partial charge in [0.2, 0.25) is 0 Å². The molecule has 3 nitrogen and oxygen atoms in total. The van der Waals surface area contributed by atoms with Crippen LogP contribution in [0.15, 0.2) is 96.0 Å². The summed E-state index contributed by atoms with van der Waals surface area (Å²) < 4.78 is 0. The number of aromatic nitrogens is 1. The summed E-state index contributed by atoms with van der Waals surface area (Å²) in [7, 11) is 0. The Morgan fingerprint density at radius 3 is 2.35 bits per heavy atom. The molecule has 154 valence electrons. The molecular formula is C26H21ClN2OS. The van der Waals surface area contributed by atoms with Crippen molar-refractivity contribution in [2.45, 2.75) is 11.4 Å². The van der Waals surface area contributed by atoms with Crippen molar-refractivity contribution in [2.75, 3.05) is 6.26 Å². The summed E-state index contributed by atoms with van der Waals surface area (Å²) in [6.45, 7) is 0.349. The average molecular weight is 445 g/mol. The number of hydrogen-bond acceptors (Lipinski definition) is 3. The Bertz CT molecular complexity index is 1210. The highest BCUT2D eigenvalue weighted by atomic mass is 35.5. The van der Waals surface area contributed by atoms with Crippen LogP contribution in [0.1, 0.15) is 16.1 Å². The van der Waals surface area contributed by atoms with Crippen molar-refractivity contribution in [1.29, 1.82) is 0 Å². The first-order valence-corrected chi connectivity index (χ1v) is 11.5. The zero-order chi connectivity index (χ0) is 21.6. The van der Waals surface area contributed by atoms with E-state index in [4.69, 9.17) is 11.6 Å². The van der Waals surface area contributed by atoms with Crippen LogP contribution >= 0.6 is 23.4 Å². The van der Waals surface area contributed by atoms with Gasteiger partial charge in [0.1, 0.15) is 0 Å². The molecule has 3 aromatic carbocycles. The van der Waals surface area contributed by atoms with Crippen molar-refractivity contribution in [2.24, 2.45) is 0 Å². The first-order valence-electron chi connectivity index (χ1n) is 9.86. The molecule has 0 bridgehead atoms. The Kier molecular flexibility index (Phi) is 6.70. The van der Waals surface area contributed by atoms with Gasteiger partial charge in [-0.1, -0.05) is 60.1 Å². The molecule has 4 rings (SSSR count). The molecule has 0 spiro atoms. The molecule has 5 heteroatoms. The molecule has 0 atom stereocenters. The third-order valence-corrected chi connectivity index (χ3v) is 6.18. The number of hydrogen-bond donors (Lipinski definition) is 1. The van der Waals surface area contributed by atoms with E-state index in [2.05, 4.69) is 46.7 Å². The quantitative estimate of drug-likeness (QED) is 0.335. The van der Waals surface area contributed by atoms with Gasteiger partial charge in [-0.15, -0.1) is 11.8 Å². The molecule has 0 saturated heterocycles. The van der Waals surface area contributed by atoms with Crippen LogP contribution in [0.3, 0.4) is 0 Å². The molecule has 0 aliphatic carbocycles. The molecule has 0 radical (unpaired) electrons. The van der Waals surface area contributed by atoms with Crippen LogP contribution in [-0.4, -0.2) is 17.1 Å². The van der Waals surface area contributed by atoms with Crippen LogP contribution in [0.4, 0.5) is 0 Å². The van der Waals surface area contributed by atoms with Gasteiger partial charge in [-0.2, -0.15) is 0 Å². The van der Waals surface area contributed by atoms with E-state index in [1.165, 1.54) is 17.3 Å². The maximum atomic E-state index is 12.6. The molecule has 1 amide bonds. The zero-order valence-electron chi connectivity index (χ0n) is 17.0. The Morgan fingerprint density at radius 1 is 0.871 bits per heavy atom. The number of carbonyl (C=O) groups is 1. The predicted octanol–water partition coefficient (Wildman–Crippen LogP) is 6.72. The van der Waals surface area contributed by atoms with Gasteiger partial charge < -0.3 is 5.32 Å². The summed E-state index contributed by atoms with van der Waals surface area (Å²) in [4.78, 5) is 17.9. The normalized spacial score (nSPS) is 10.6. The van der Waals surface area contributed by atoms with Gasteiger partial charge in [0.25, 0.3) is 5.91 Å². The van der Waals surface area contributed by atoms with Gasteiger partial charge >= 0.3 is 0 Å². The fourth-order valence-corrected chi connectivity index (χ4v) is 4.19. The van der Waals surface area contributed by atoms with Crippen LogP contribution in [0.25, 0.3) is 22.3 Å². The molecule has 0 aliphatic heterocycles. The summed E-state index contributed by atoms with van der Waals surface area (Å²) in [5, 5.41) is 3.60. The van der Waals surface area contributed by atoms with Gasteiger partial charge in [0.05, 0.1) is 17.3 Å². The Balaban J connectivity index is 1.50. The minimum absolute atomic E-state index is 0.148. The molecule has 0 aliphatic rings. The van der Waals surface area contributed by atoms with E-state index in [1.54, 1.807) is 24.4 Å². The second-order valence-corrected chi connectivity index (χ2v) is 8.27. The third kappa shape index (κ3) is 5.16. The van der Waals surface area contributed by atoms with Crippen molar-refractivity contribution in [3.8, 4) is 22.3 Å². The lowest BCUT2D eigenvalue weighted by atomic mass is 9.99. The predicted molar refractivity (Wildman–Crippen MR) is 130 cm³/mol. The number of rotatable bonds is 6. The van der Waals surface area contributed by atoms with Gasteiger partial charge in [0.15, 0.2) is 0 Å². The average Bonchev–Trinajstić information content (AvgIpc) is 2.83. The SMILES string of the molecule is CSc1cc(C(=O)NCc2cc(-c3cccc(-c4ccccc4)c3)ccn2)ccc1Cl. The highest BCUT2D eigenvalue weighted by molar-refractivity contribution is 7.98. The minimum Gasteiger partial charge on any atom is -0.346 e. The third-order valence-electron chi connectivity index (χ3n) is 4.96. The summed E-state index contributed by atoms with van der Waals surface area (Å²) in [6, 6.07) is 28.0. The number of pyridine rings is 1. The summed E-state index contributed by atoms with van der Waals surface area (Å²) in [5.74, 6) is -0.148. The van der Waals surface area contributed by atoms with Gasteiger partial charge in [-0.25, -0.2) is 0 Å². The minimum atomic E-state index is -0.148. The fourth-order valence-electron chi connectivity index (χ4n) is 3.34. The van der Waals surface area contributed by atoms with Gasteiger partial charge in [0, 0.05) is 16.7 Å². The first-order chi connectivity index (χ1) is 15.1. The summed E-state index contributed by atoms with van der Waals surface area (Å²) in [6.07, 6.45) is 3.71. The van der Waals surface area contributed by atoms with E-state index in [-0.39, 0.29) is 5.91 Å². The largest absolute Gasteiger partial charge is 0.346 e. The van der Waals surface area contributed by atoms with E-state index >= 15 is 0 Å². The van der Waals surface area contributed by atoms with E-state index in [9.17, 15) is 4.79 Å². The molecule has 31 heavy (non-hydrogen) atoms. The Morgan fingerprint density at radius 2 is 1.58 bits per heavy atom. The molecule has 0 unspecified atom stereocenters. The standard InChI is InChI=1S/C26H21ClN2OS/c1-31-25-16-22(10-11-24(25)27)26(30)29-17-23-15-21(12-13-28-23)20-9-5-8-19(14-20)18-6-3-2-4-7-18/h2-16H,17H2,1H3,(H,29,30). The van der Waals surface area contributed by atoms with E-state index in [0.29, 0.717) is 17.1 Å². The van der Waals surface area contributed by atoms with Crippen LogP contribution in [0.5, 0.6) is 0 Å². The maximum absolute atomic E-state index is 12.6. The first kappa shape index (κ1) is 21.2. The van der Waals surface area contributed by atoms with Crippen LogP contribution in [0, 0.1) is 0 Å². The maximum Gasteiger partial charge on any atom is 0.251 e. The van der Waals surface area contributed by atoms with Gasteiger partial charge in [-0.05, 0) is 64.9 Å². The van der Waals surface area contributed by atoms with Crippen molar-refractivity contribution >= 4 is 29.3 Å². The molecular weight excluding hydrogens is 424 g/mol. The fraction of sp³-hybridized carbons (Fsp3) is 0.0769. The van der Waals surface area contributed by atoms with Crippen molar-refractivity contribution in [1.82, 2.24) is 10.3 Å². The van der Waals surface area contributed by atoms with E-state index in [1.807, 2.05) is 36.6 Å². The zero-order valence-corrected chi connectivity index (χ0v) is 18.6. The molecule has 1 heterocycles. The molecule has 0 fully saturated rings. The topological polar surface area (TPSA) is 42.0 Å². The lowest BCUT2D eigenvalue weighted by molar-refractivity contribution is 0.0950. The number of nitrogens with one attached hydrogen (secondary N) is 1. The molecule has 0 saturated carbocycles. The number of carbonyl (C=O) groups excluding carboxylic acids is 1. The number of thioether (sulfide) groups is 1. The van der Waals surface area contributed by atoms with E-state index < -0.39 is 0 Å². The van der Waals surface area contributed by atoms with Crippen LogP contribution < -0.4 is 5.32 Å². The number of amides is 1. The van der Waals surface area contributed by atoms with E-state index in [0.717, 1.165) is 27.3 Å². The second-order valence-electron chi connectivity index (χ2n) is 7.01. The van der Waals surface area contributed by atoms with Crippen molar-refractivity contribution < 1.29 is 4.79 Å². The van der Waals surface area contributed by atoms with Crippen molar-refractivity contribution in [3.63, 3.8) is 0 Å². The number of nitrogens with zero attached hydrogens (tertiary/aromatic N) is 1. The van der Waals surface area contributed by atoms with Gasteiger partial charge in [-0.3, -0.25) is 9.78 Å². The smallest absolute Gasteiger partial charge is 0.251 e. The van der Waals surface area contributed by atoms with Crippen LogP contribution in [-0.2, 0) is 6.54 Å². The number of benzene rings is 3. The highest BCUT2D eigenvalue weighted by Crippen LogP contribution is 2.27. The molecule has 1 N–H and O–H groups in total. The highest BCUT2D eigenvalue weighted by Gasteiger charge is 2.09. The lowest BCUT2D eigenvalue weighted by Crippen LogP contribution is -2.23. The Labute approximate surface area is 191 Å².